The summed E-state index contributed by atoms with van der Waals surface area (Å²) < 4.78 is 6.05. The molecule has 1 heterocycles. The van der Waals surface area contributed by atoms with Gasteiger partial charge in [-0.1, -0.05) is 0 Å². The van der Waals surface area contributed by atoms with Crippen molar-refractivity contribution in [2.75, 3.05) is 18.2 Å². The summed E-state index contributed by atoms with van der Waals surface area (Å²) in [6.07, 6.45) is 1.61. The Morgan fingerprint density at radius 1 is 1.33 bits per heavy atom. The Bertz CT molecular complexity index is 572. The highest BCUT2D eigenvalue weighted by Gasteiger charge is 2.04. The molecule has 0 saturated heterocycles. The van der Waals surface area contributed by atoms with Gasteiger partial charge in [-0.05, 0) is 52.7 Å². The number of anilines is 3. The second-order valence-electron chi connectivity index (χ2n) is 3.91. The summed E-state index contributed by atoms with van der Waals surface area (Å²) in [7, 11) is 1.66. The van der Waals surface area contributed by atoms with Gasteiger partial charge >= 0.3 is 0 Å². The number of halogens is 1. The number of aryl methyl sites for hydroxylation is 1. The lowest BCUT2D eigenvalue weighted by atomic mass is 10.2. The molecule has 0 radical (unpaired) electrons. The standard InChI is InChI=1S/C13H14BrN3O/c1-8-5-10(3-4-12(8)18-2)17-13-11(14)6-9(15)7-16-13/h3-7H,15H2,1-2H3,(H,16,17). The number of pyridine rings is 1. The van der Waals surface area contributed by atoms with E-state index in [0.29, 0.717) is 5.69 Å². The largest absolute Gasteiger partial charge is 0.496 e. The zero-order valence-corrected chi connectivity index (χ0v) is 11.8. The van der Waals surface area contributed by atoms with Gasteiger partial charge in [0.15, 0.2) is 0 Å². The number of nitrogens with zero attached hydrogens (tertiary/aromatic N) is 1. The van der Waals surface area contributed by atoms with Gasteiger partial charge in [-0.3, -0.25) is 0 Å². The fraction of sp³-hybridized carbons (Fsp3) is 0.154. The minimum atomic E-state index is 0.623. The van der Waals surface area contributed by atoms with E-state index in [1.165, 1.54) is 0 Å². The van der Waals surface area contributed by atoms with Crippen molar-refractivity contribution in [2.45, 2.75) is 6.92 Å². The molecule has 2 aromatic rings. The normalized spacial score (nSPS) is 10.2. The highest BCUT2D eigenvalue weighted by molar-refractivity contribution is 9.10. The van der Waals surface area contributed by atoms with Gasteiger partial charge in [0.2, 0.25) is 0 Å². The smallest absolute Gasteiger partial charge is 0.144 e. The molecule has 1 aromatic carbocycles. The molecule has 18 heavy (non-hydrogen) atoms. The zero-order chi connectivity index (χ0) is 13.1. The molecule has 0 aliphatic heterocycles. The van der Waals surface area contributed by atoms with Crippen molar-refractivity contribution in [1.82, 2.24) is 4.98 Å². The SMILES string of the molecule is COc1ccc(Nc2ncc(N)cc2Br)cc1C. The van der Waals surface area contributed by atoms with Crippen molar-refractivity contribution < 1.29 is 4.74 Å². The lowest BCUT2D eigenvalue weighted by Crippen LogP contribution is -1.97. The van der Waals surface area contributed by atoms with Gasteiger partial charge in [0.05, 0.1) is 23.5 Å². The van der Waals surface area contributed by atoms with Crippen molar-refractivity contribution in [3.63, 3.8) is 0 Å². The second kappa shape index (κ2) is 5.27. The lowest BCUT2D eigenvalue weighted by molar-refractivity contribution is 0.412. The third-order valence-corrected chi connectivity index (χ3v) is 3.12. The summed E-state index contributed by atoms with van der Waals surface area (Å²) in [4.78, 5) is 4.23. The van der Waals surface area contributed by atoms with Crippen LogP contribution in [0.4, 0.5) is 17.2 Å². The molecule has 0 aliphatic carbocycles. The van der Waals surface area contributed by atoms with E-state index < -0.39 is 0 Å². The third kappa shape index (κ3) is 2.73. The number of hydrogen-bond acceptors (Lipinski definition) is 4. The molecular formula is C13H14BrN3O. The van der Waals surface area contributed by atoms with E-state index in [1.807, 2.05) is 31.2 Å². The Morgan fingerprint density at radius 2 is 2.11 bits per heavy atom. The van der Waals surface area contributed by atoms with Crippen molar-refractivity contribution >= 4 is 33.1 Å². The molecule has 0 fully saturated rings. The Morgan fingerprint density at radius 3 is 2.72 bits per heavy atom. The van der Waals surface area contributed by atoms with E-state index in [4.69, 9.17) is 10.5 Å². The van der Waals surface area contributed by atoms with Crippen LogP contribution in [-0.2, 0) is 0 Å². The van der Waals surface area contributed by atoms with Gasteiger partial charge in [0, 0.05) is 5.69 Å². The molecule has 5 heteroatoms. The van der Waals surface area contributed by atoms with Crippen molar-refractivity contribution in [3.8, 4) is 5.75 Å². The Balaban J connectivity index is 2.26. The van der Waals surface area contributed by atoms with E-state index in [-0.39, 0.29) is 0 Å². The molecular weight excluding hydrogens is 294 g/mol. The van der Waals surface area contributed by atoms with Crippen molar-refractivity contribution in [2.24, 2.45) is 0 Å². The zero-order valence-electron chi connectivity index (χ0n) is 10.2. The predicted octanol–water partition coefficient (Wildman–Crippen LogP) is 3.49. The van der Waals surface area contributed by atoms with Crippen LogP contribution in [-0.4, -0.2) is 12.1 Å². The quantitative estimate of drug-likeness (QED) is 0.911. The number of benzene rings is 1. The summed E-state index contributed by atoms with van der Waals surface area (Å²) in [5.41, 5.74) is 8.28. The number of ether oxygens (including phenoxy) is 1. The molecule has 0 atom stereocenters. The minimum Gasteiger partial charge on any atom is -0.496 e. The van der Waals surface area contributed by atoms with Crippen molar-refractivity contribution in [1.29, 1.82) is 0 Å². The Hall–Kier alpha value is -1.75. The Kier molecular flexibility index (Phi) is 3.72. The van der Waals surface area contributed by atoms with Crippen LogP contribution in [0.1, 0.15) is 5.56 Å². The van der Waals surface area contributed by atoms with Crippen LogP contribution in [0, 0.1) is 6.92 Å². The maximum Gasteiger partial charge on any atom is 0.144 e. The topological polar surface area (TPSA) is 60.2 Å². The first kappa shape index (κ1) is 12.7. The van der Waals surface area contributed by atoms with Gasteiger partial charge in [-0.15, -0.1) is 0 Å². The van der Waals surface area contributed by atoms with Gasteiger partial charge in [-0.2, -0.15) is 0 Å². The third-order valence-electron chi connectivity index (χ3n) is 2.52. The van der Waals surface area contributed by atoms with Crippen LogP contribution >= 0.6 is 15.9 Å². The van der Waals surface area contributed by atoms with Crippen LogP contribution in [0.25, 0.3) is 0 Å². The predicted molar refractivity (Wildman–Crippen MR) is 77.4 cm³/mol. The van der Waals surface area contributed by atoms with E-state index >= 15 is 0 Å². The molecule has 1 aromatic heterocycles. The summed E-state index contributed by atoms with van der Waals surface area (Å²) >= 11 is 3.42. The lowest BCUT2D eigenvalue weighted by Gasteiger charge is -2.10. The van der Waals surface area contributed by atoms with Crippen LogP contribution < -0.4 is 15.8 Å². The average molecular weight is 308 g/mol. The number of nitrogens with two attached hydrogens (primary N) is 1. The molecule has 0 unspecified atom stereocenters. The minimum absolute atomic E-state index is 0.623. The average Bonchev–Trinajstić information content (AvgIpc) is 2.33. The first-order valence-electron chi connectivity index (χ1n) is 5.43. The number of hydrogen-bond donors (Lipinski definition) is 2. The van der Waals surface area contributed by atoms with E-state index in [1.54, 1.807) is 13.3 Å². The molecule has 0 saturated carbocycles. The number of nitrogen functional groups attached to an aromatic ring is 1. The van der Waals surface area contributed by atoms with Crippen LogP contribution in [0.2, 0.25) is 0 Å². The summed E-state index contributed by atoms with van der Waals surface area (Å²) in [5.74, 6) is 1.60. The highest BCUT2D eigenvalue weighted by Crippen LogP contribution is 2.27. The Labute approximate surface area is 114 Å². The summed E-state index contributed by atoms with van der Waals surface area (Å²) in [6, 6.07) is 7.67. The molecule has 3 N–H and O–H groups in total. The molecule has 0 aliphatic rings. The van der Waals surface area contributed by atoms with Crippen LogP contribution in [0.5, 0.6) is 5.75 Å². The summed E-state index contributed by atoms with van der Waals surface area (Å²) in [5, 5.41) is 3.22. The maximum absolute atomic E-state index is 5.65. The van der Waals surface area contributed by atoms with Gasteiger partial charge in [0.25, 0.3) is 0 Å². The number of rotatable bonds is 3. The maximum atomic E-state index is 5.65. The monoisotopic (exact) mass is 307 g/mol. The van der Waals surface area contributed by atoms with Crippen LogP contribution in [0.3, 0.4) is 0 Å². The fourth-order valence-corrected chi connectivity index (χ4v) is 2.10. The van der Waals surface area contributed by atoms with Gasteiger partial charge in [0.1, 0.15) is 11.6 Å². The van der Waals surface area contributed by atoms with Gasteiger partial charge < -0.3 is 15.8 Å². The first-order chi connectivity index (χ1) is 8.60. The van der Waals surface area contributed by atoms with E-state index in [9.17, 15) is 0 Å². The number of methoxy groups -OCH3 is 1. The molecule has 2 rings (SSSR count). The number of nitrogens with one attached hydrogen (secondary N) is 1. The molecule has 0 spiro atoms. The molecule has 94 valence electrons. The van der Waals surface area contributed by atoms with Crippen molar-refractivity contribution in [3.05, 3.63) is 40.5 Å². The molecule has 4 nitrogen and oxygen atoms in total. The number of aromatic nitrogens is 1. The fourth-order valence-electron chi connectivity index (χ4n) is 1.64. The first-order valence-corrected chi connectivity index (χ1v) is 6.22. The highest BCUT2D eigenvalue weighted by atomic mass is 79.9. The van der Waals surface area contributed by atoms with E-state index in [0.717, 1.165) is 27.3 Å². The summed E-state index contributed by atoms with van der Waals surface area (Å²) in [6.45, 7) is 2.00. The second-order valence-corrected chi connectivity index (χ2v) is 4.76. The molecule has 0 amide bonds. The van der Waals surface area contributed by atoms with E-state index in [2.05, 4.69) is 26.2 Å². The van der Waals surface area contributed by atoms with Crippen LogP contribution in [0.15, 0.2) is 34.9 Å². The van der Waals surface area contributed by atoms with Gasteiger partial charge in [-0.25, -0.2) is 4.98 Å². The molecule has 0 bridgehead atoms.